The molecule has 2 aliphatic carbocycles. The van der Waals surface area contributed by atoms with Crippen LogP contribution in [0.5, 0.6) is 11.5 Å². The first-order valence-electron chi connectivity index (χ1n) is 14.8. The molecule has 1 aromatic heterocycles. The van der Waals surface area contributed by atoms with Gasteiger partial charge >= 0.3 is 0 Å². The van der Waals surface area contributed by atoms with Gasteiger partial charge in [-0.2, -0.15) is 4.37 Å². The summed E-state index contributed by atoms with van der Waals surface area (Å²) in [7, 11) is 3.05. The molecule has 1 heterocycles. The van der Waals surface area contributed by atoms with E-state index in [1.165, 1.54) is 43.9 Å². The number of hydrogen-bond donors (Lipinski definition) is 3. The van der Waals surface area contributed by atoms with E-state index in [1.54, 1.807) is 18.2 Å². The van der Waals surface area contributed by atoms with Crippen molar-refractivity contribution in [1.82, 2.24) is 9.69 Å². The Labute approximate surface area is 255 Å². The van der Waals surface area contributed by atoms with Gasteiger partial charge in [-0.1, -0.05) is 44.2 Å². The SMILES string of the molecule is COc1ccc(OC)c(C(C(=O)NC2CCCC2)N(C(=O)c2snc(C(N)=O)c2N)c2ccc(C3CCCCC3)cc2)c1. The largest absolute Gasteiger partial charge is 0.497 e. The normalized spacial score (nSPS) is 16.4. The summed E-state index contributed by atoms with van der Waals surface area (Å²) in [6.45, 7) is 0. The Kier molecular flexibility index (Phi) is 9.49. The zero-order valence-corrected chi connectivity index (χ0v) is 25.5. The first-order chi connectivity index (χ1) is 20.8. The first kappa shape index (κ1) is 30.3. The molecule has 1 unspecified atom stereocenters. The van der Waals surface area contributed by atoms with Gasteiger partial charge < -0.3 is 26.3 Å². The quantitative estimate of drug-likeness (QED) is 0.282. The number of ether oxygens (including phenoxy) is 2. The summed E-state index contributed by atoms with van der Waals surface area (Å²) in [5.74, 6) is -0.393. The fraction of sp³-hybridized carbons (Fsp3) is 0.438. The molecule has 0 bridgehead atoms. The minimum absolute atomic E-state index is 0.00725. The van der Waals surface area contributed by atoms with Gasteiger partial charge in [0.05, 0.1) is 19.9 Å². The number of methoxy groups -OCH3 is 2. The van der Waals surface area contributed by atoms with Crippen molar-refractivity contribution in [2.75, 3.05) is 24.9 Å². The van der Waals surface area contributed by atoms with Crippen molar-refractivity contribution in [3.8, 4) is 11.5 Å². The number of nitrogens with two attached hydrogens (primary N) is 2. The number of benzene rings is 2. The zero-order chi connectivity index (χ0) is 30.5. The number of carbonyl (C=O) groups excluding carboxylic acids is 3. The van der Waals surface area contributed by atoms with Crippen LogP contribution in [0, 0.1) is 0 Å². The third kappa shape index (κ3) is 6.46. The van der Waals surface area contributed by atoms with Gasteiger partial charge in [-0.3, -0.25) is 19.3 Å². The first-order valence-corrected chi connectivity index (χ1v) is 15.6. The fourth-order valence-electron chi connectivity index (χ4n) is 6.27. The number of primary amides is 1. The van der Waals surface area contributed by atoms with Crippen molar-refractivity contribution >= 4 is 40.6 Å². The Morgan fingerprint density at radius 3 is 2.23 bits per heavy atom. The summed E-state index contributed by atoms with van der Waals surface area (Å²) >= 11 is 0.782. The van der Waals surface area contributed by atoms with Gasteiger partial charge in [0.25, 0.3) is 11.8 Å². The second-order valence-corrected chi connectivity index (χ2v) is 12.0. The predicted octanol–water partition coefficient (Wildman–Crippen LogP) is 5.34. The lowest BCUT2D eigenvalue weighted by molar-refractivity contribution is -0.123. The predicted molar refractivity (Wildman–Crippen MR) is 167 cm³/mol. The Morgan fingerprint density at radius 2 is 1.63 bits per heavy atom. The molecule has 2 saturated carbocycles. The van der Waals surface area contributed by atoms with Gasteiger partial charge in [0.1, 0.15) is 22.4 Å². The van der Waals surface area contributed by atoms with Gasteiger partial charge in [-0.25, -0.2) is 0 Å². The van der Waals surface area contributed by atoms with Crippen LogP contribution in [0.15, 0.2) is 42.5 Å². The van der Waals surface area contributed by atoms with Crippen LogP contribution in [0.1, 0.15) is 101 Å². The summed E-state index contributed by atoms with van der Waals surface area (Å²) in [5, 5.41) is 3.18. The molecule has 10 nitrogen and oxygen atoms in total. The maximum atomic E-state index is 14.5. The van der Waals surface area contributed by atoms with Crippen molar-refractivity contribution < 1.29 is 23.9 Å². The molecule has 3 amide bonds. The second kappa shape index (κ2) is 13.5. The van der Waals surface area contributed by atoms with E-state index in [0.717, 1.165) is 50.1 Å². The zero-order valence-electron chi connectivity index (χ0n) is 24.6. The summed E-state index contributed by atoms with van der Waals surface area (Å²) in [6, 6.07) is 11.8. The molecule has 2 aromatic carbocycles. The second-order valence-electron chi connectivity index (χ2n) is 11.2. The number of carbonyl (C=O) groups is 3. The number of rotatable bonds is 10. The number of hydrogen-bond acceptors (Lipinski definition) is 8. The highest BCUT2D eigenvalue weighted by Gasteiger charge is 2.39. The molecule has 11 heteroatoms. The molecular formula is C32H39N5O5S. The molecule has 228 valence electrons. The minimum atomic E-state index is -1.16. The fourth-order valence-corrected chi connectivity index (χ4v) is 7.01. The van der Waals surface area contributed by atoms with E-state index in [2.05, 4.69) is 9.69 Å². The van der Waals surface area contributed by atoms with E-state index in [1.807, 2.05) is 24.3 Å². The standard InChI is InChI=1S/C32H39N5O5S/c1-41-23-16-17-25(42-2)24(18-23)28(31(39)35-21-10-6-7-11-21)37(32(40)29-26(33)27(30(34)38)36-43-29)22-14-12-20(13-15-22)19-8-4-3-5-9-19/h12-19,21,28H,3-11,33H2,1-2H3,(H2,34,38)(H,35,39). The van der Waals surface area contributed by atoms with E-state index >= 15 is 0 Å². The van der Waals surface area contributed by atoms with Gasteiger partial charge in [0.2, 0.25) is 5.91 Å². The van der Waals surface area contributed by atoms with Crippen molar-refractivity contribution in [3.05, 3.63) is 64.2 Å². The third-order valence-electron chi connectivity index (χ3n) is 8.56. The number of amides is 3. The Morgan fingerprint density at radius 1 is 0.953 bits per heavy atom. The van der Waals surface area contributed by atoms with Crippen molar-refractivity contribution in [2.24, 2.45) is 5.73 Å². The molecule has 43 heavy (non-hydrogen) atoms. The molecule has 2 fully saturated rings. The minimum Gasteiger partial charge on any atom is -0.497 e. The topological polar surface area (TPSA) is 150 Å². The summed E-state index contributed by atoms with van der Waals surface area (Å²) < 4.78 is 15.3. The highest BCUT2D eigenvalue weighted by atomic mass is 32.1. The lowest BCUT2D eigenvalue weighted by atomic mass is 9.84. The molecule has 1 atom stereocenters. The van der Waals surface area contributed by atoms with Crippen molar-refractivity contribution in [3.63, 3.8) is 0 Å². The Hall–Kier alpha value is -4.12. The van der Waals surface area contributed by atoms with Crippen LogP contribution in [0.25, 0.3) is 0 Å². The summed E-state index contributed by atoms with van der Waals surface area (Å²) in [5.41, 5.74) is 13.6. The monoisotopic (exact) mass is 605 g/mol. The molecule has 0 saturated heterocycles. The van der Waals surface area contributed by atoms with E-state index in [4.69, 9.17) is 20.9 Å². The van der Waals surface area contributed by atoms with Crippen LogP contribution in [0.2, 0.25) is 0 Å². The lowest BCUT2D eigenvalue weighted by Gasteiger charge is -2.33. The third-order valence-corrected chi connectivity index (χ3v) is 9.41. The Bertz CT molecular complexity index is 1460. The average molecular weight is 606 g/mol. The summed E-state index contributed by atoms with van der Waals surface area (Å²) in [6.07, 6.45) is 9.67. The van der Waals surface area contributed by atoms with E-state index in [-0.39, 0.29) is 28.2 Å². The maximum Gasteiger partial charge on any atom is 0.273 e. The Balaban J connectivity index is 1.66. The van der Waals surface area contributed by atoms with E-state index < -0.39 is 17.9 Å². The highest BCUT2D eigenvalue weighted by Crippen LogP contribution is 2.40. The number of anilines is 2. The molecule has 5 rings (SSSR count). The van der Waals surface area contributed by atoms with Crippen LogP contribution in [0.3, 0.4) is 0 Å². The van der Waals surface area contributed by atoms with Gasteiger partial charge in [0.15, 0.2) is 5.69 Å². The van der Waals surface area contributed by atoms with Gasteiger partial charge in [-0.05, 0) is 79.0 Å². The van der Waals surface area contributed by atoms with Crippen LogP contribution < -0.4 is 31.2 Å². The summed E-state index contributed by atoms with van der Waals surface area (Å²) in [4.78, 5) is 42.2. The van der Waals surface area contributed by atoms with Crippen LogP contribution in [0.4, 0.5) is 11.4 Å². The lowest BCUT2D eigenvalue weighted by Crippen LogP contribution is -2.46. The molecule has 0 radical (unpaired) electrons. The smallest absolute Gasteiger partial charge is 0.273 e. The number of aromatic nitrogens is 1. The molecule has 0 aliphatic heterocycles. The van der Waals surface area contributed by atoms with E-state index in [9.17, 15) is 14.4 Å². The molecule has 3 aromatic rings. The van der Waals surface area contributed by atoms with Gasteiger partial charge in [-0.15, -0.1) is 0 Å². The van der Waals surface area contributed by atoms with Gasteiger partial charge in [0, 0.05) is 17.3 Å². The van der Waals surface area contributed by atoms with Crippen molar-refractivity contribution in [1.29, 1.82) is 0 Å². The average Bonchev–Trinajstić information content (AvgIpc) is 3.69. The number of nitrogens with one attached hydrogen (secondary N) is 1. The molecule has 2 aliphatic rings. The van der Waals surface area contributed by atoms with Crippen LogP contribution in [-0.2, 0) is 4.79 Å². The molecule has 5 N–H and O–H groups in total. The molecule has 0 spiro atoms. The van der Waals surface area contributed by atoms with Crippen LogP contribution >= 0.6 is 11.5 Å². The van der Waals surface area contributed by atoms with Crippen molar-refractivity contribution in [2.45, 2.75) is 75.8 Å². The highest BCUT2D eigenvalue weighted by molar-refractivity contribution is 7.09. The number of nitrogens with zero attached hydrogens (tertiary/aromatic N) is 2. The van der Waals surface area contributed by atoms with E-state index in [0.29, 0.717) is 28.7 Å². The maximum absolute atomic E-state index is 14.5. The molecular weight excluding hydrogens is 566 g/mol. The number of nitrogen functional groups attached to an aromatic ring is 1. The van der Waals surface area contributed by atoms with Crippen LogP contribution in [-0.4, -0.2) is 42.4 Å².